The molecule has 0 fully saturated rings. The number of hydrogen-bond donors (Lipinski definition) is 0. The lowest BCUT2D eigenvalue weighted by atomic mass is 9.94. The Bertz CT molecular complexity index is 3420. The van der Waals surface area contributed by atoms with Crippen molar-refractivity contribution in [3.63, 3.8) is 0 Å². The Morgan fingerprint density at radius 1 is 0.377 bits per heavy atom. The van der Waals surface area contributed by atoms with Gasteiger partial charge < -0.3 is 0 Å². The van der Waals surface area contributed by atoms with E-state index in [0.717, 1.165) is 83.5 Å². The molecule has 8 heteroatoms. The van der Waals surface area contributed by atoms with Crippen LogP contribution in [0, 0.1) is 22.9 Å². The number of benzene rings is 5. The zero-order valence-electron chi connectivity index (χ0n) is 46.5. The Morgan fingerprint density at radius 2 is 0.701 bits per heavy atom. The molecule has 388 valence electrons. The summed E-state index contributed by atoms with van der Waals surface area (Å²) in [5, 5.41) is 1.22. The zero-order chi connectivity index (χ0) is 54.8. The molecular formula is C69H69NO2S3Si2. The number of carbonyl (C=O) groups excluding carboxylic acids is 2. The third-order valence-corrected chi connectivity index (χ3v) is 32.1. The molecule has 0 spiro atoms. The van der Waals surface area contributed by atoms with Crippen LogP contribution >= 0.6 is 34.0 Å². The number of aromatic nitrogens is 1. The highest BCUT2D eigenvalue weighted by Gasteiger charge is 2.43. The quantitative estimate of drug-likeness (QED) is 0.0584. The van der Waals surface area contributed by atoms with Gasteiger partial charge in [-0.05, 0) is 125 Å². The molecule has 9 aromatic rings. The van der Waals surface area contributed by atoms with Crippen LogP contribution < -0.4 is 0 Å². The summed E-state index contributed by atoms with van der Waals surface area (Å²) >= 11 is 4.83. The monoisotopic (exact) mass is 1100 g/mol. The Balaban J connectivity index is 0.989. The van der Waals surface area contributed by atoms with Crippen molar-refractivity contribution in [2.75, 3.05) is 0 Å². The van der Waals surface area contributed by atoms with Crippen LogP contribution in [-0.4, -0.2) is 33.7 Å². The first kappa shape index (κ1) is 55.3. The molecule has 0 N–H and O–H groups in total. The van der Waals surface area contributed by atoms with Crippen molar-refractivity contribution in [2.45, 2.75) is 116 Å². The van der Waals surface area contributed by atoms with Crippen molar-refractivity contribution < 1.29 is 9.59 Å². The minimum atomic E-state index is -1.95. The lowest BCUT2D eigenvalue weighted by molar-refractivity contribution is 0.111. The Morgan fingerprint density at radius 3 is 1.05 bits per heavy atom. The second kappa shape index (κ2) is 23.2. The molecule has 0 saturated carbocycles. The minimum Gasteiger partial charge on any atom is -0.297 e. The fourth-order valence-corrected chi connectivity index (χ4v) is 25.9. The van der Waals surface area contributed by atoms with Crippen molar-refractivity contribution in [1.82, 2.24) is 4.98 Å². The number of fused-ring (bicyclic) bond motifs is 1. The van der Waals surface area contributed by atoms with Crippen molar-refractivity contribution in [3.05, 3.63) is 171 Å². The van der Waals surface area contributed by atoms with E-state index in [9.17, 15) is 9.59 Å². The number of rotatable bonds is 15. The highest BCUT2D eigenvalue weighted by Crippen LogP contribution is 2.46. The average molecular weight is 1100 g/mol. The molecule has 0 amide bonds. The van der Waals surface area contributed by atoms with E-state index in [4.69, 9.17) is 0 Å². The van der Waals surface area contributed by atoms with E-state index in [-0.39, 0.29) is 0 Å². The van der Waals surface area contributed by atoms with Gasteiger partial charge in [0.1, 0.15) is 16.1 Å². The van der Waals surface area contributed by atoms with Crippen LogP contribution in [0.25, 0.3) is 87.3 Å². The van der Waals surface area contributed by atoms with Crippen LogP contribution in [0.2, 0.25) is 33.2 Å². The van der Waals surface area contributed by atoms with Crippen LogP contribution in [0.15, 0.2) is 152 Å². The fraction of sp³-hybridized carbons (Fsp3) is 0.261. The number of pyridine rings is 1. The first-order valence-electron chi connectivity index (χ1n) is 27.1. The summed E-state index contributed by atoms with van der Waals surface area (Å²) in [6.45, 7) is 28.0. The smallest absolute Gasteiger partial charge is 0.160 e. The molecule has 3 nitrogen and oxygen atoms in total. The third-order valence-electron chi connectivity index (χ3n) is 16.4. The molecule has 0 aliphatic carbocycles. The molecule has 0 bridgehead atoms. The van der Waals surface area contributed by atoms with E-state index in [1.807, 2.05) is 35.9 Å². The van der Waals surface area contributed by atoms with Crippen LogP contribution in [0.3, 0.4) is 0 Å². The predicted octanol–water partition coefficient (Wildman–Crippen LogP) is 20.9. The zero-order valence-corrected chi connectivity index (χ0v) is 51.0. The van der Waals surface area contributed by atoms with Gasteiger partial charge in [0.2, 0.25) is 0 Å². The van der Waals surface area contributed by atoms with Gasteiger partial charge in [-0.15, -0.1) is 45.1 Å². The van der Waals surface area contributed by atoms with E-state index >= 15 is 0 Å². The van der Waals surface area contributed by atoms with Gasteiger partial charge in [0.15, 0.2) is 12.6 Å². The molecule has 0 unspecified atom stereocenters. The topological polar surface area (TPSA) is 47.0 Å². The molecule has 5 aromatic carbocycles. The molecule has 0 atom stereocenters. The lowest BCUT2D eigenvalue weighted by Gasteiger charge is -2.38. The number of hydrogen-bond acceptors (Lipinski definition) is 6. The largest absolute Gasteiger partial charge is 0.297 e. The predicted molar refractivity (Wildman–Crippen MR) is 340 cm³/mol. The van der Waals surface area contributed by atoms with Gasteiger partial charge in [-0.3, -0.25) is 14.6 Å². The van der Waals surface area contributed by atoms with Gasteiger partial charge in [0.05, 0.1) is 19.5 Å². The molecule has 0 radical (unpaired) electrons. The standard InChI is InChI=1S/C69H69NO2S3Si2/c1-44(2)76(45(3)4,46(5)6)37-33-66-63(39-59(42-71)73-66)56-25-17-52(18-26-56)50-13-21-54(22-14-50)61-29-30-62(69-65(61)41-68(75-69)58-31-35-70-36-32-58)55-23-15-51(16-24-55)53-19-27-57(28-20-53)64-40-60(43-72)74-67(64)34-38-77(47(7)8,48(9)10)49(11)12/h13-32,35-36,39-49H,1-12H3. The minimum absolute atomic E-state index is 0.530. The molecule has 0 aliphatic heterocycles. The van der Waals surface area contributed by atoms with E-state index in [1.165, 1.54) is 48.8 Å². The van der Waals surface area contributed by atoms with Gasteiger partial charge in [-0.25, -0.2) is 0 Å². The summed E-state index contributed by atoms with van der Waals surface area (Å²) in [7, 11) is -3.91. The van der Waals surface area contributed by atoms with Crippen LogP contribution in [-0.2, 0) is 0 Å². The highest BCUT2D eigenvalue weighted by molar-refractivity contribution is 7.23. The van der Waals surface area contributed by atoms with Crippen molar-refractivity contribution in [1.29, 1.82) is 0 Å². The number of nitrogens with zero attached hydrogens (tertiary/aromatic N) is 1. The maximum absolute atomic E-state index is 12.1. The molecule has 9 rings (SSSR count). The maximum Gasteiger partial charge on any atom is 0.160 e. The second-order valence-electron chi connectivity index (χ2n) is 22.4. The summed E-state index contributed by atoms with van der Waals surface area (Å²) < 4.78 is 1.24. The Kier molecular flexibility index (Phi) is 16.7. The van der Waals surface area contributed by atoms with Crippen LogP contribution in [0.5, 0.6) is 0 Å². The first-order chi connectivity index (χ1) is 37.0. The Labute approximate surface area is 471 Å². The first-order valence-corrected chi connectivity index (χ1v) is 34.0. The number of aldehydes is 2. The van der Waals surface area contributed by atoms with Crippen molar-refractivity contribution in [2.24, 2.45) is 0 Å². The Hall–Kier alpha value is -6.50. The van der Waals surface area contributed by atoms with Gasteiger partial charge >= 0.3 is 0 Å². The highest BCUT2D eigenvalue weighted by atomic mass is 32.1. The molecule has 77 heavy (non-hydrogen) atoms. The molecule has 4 heterocycles. The average Bonchev–Trinajstić information content (AvgIpc) is 4.19. The molecule has 0 aliphatic rings. The lowest BCUT2D eigenvalue weighted by Crippen LogP contribution is -2.43. The van der Waals surface area contributed by atoms with Gasteiger partial charge in [-0.2, -0.15) is 0 Å². The maximum atomic E-state index is 12.1. The normalized spacial score (nSPS) is 12.0. The van der Waals surface area contributed by atoms with E-state index in [2.05, 4.69) is 238 Å². The fourth-order valence-electron chi connectivity index (χ4n) is 12.4. The summed E-state index contributed by atoms with van der Waals surface area (Å²) in [5.74, 6) is 7.29. The van der Waals surface area contributed by atoms with Crippen molar-refractivity contribution >= 4 is 72.8 Å². The van der Waals surface area contributed by atoms with Crippen LogP contribution in [0.1, 0.15) is 112 Å². The van der Waals surface area contributed by atoms with Gasteiger partial charge in [-0.1, -0.05) is 204 Å². The molecule has 0 saturated heterocycles. The van der Waals surface area contributed by atoms with Crippen LogP contribution in [0.4, 0.5) is 0 Å². The van der Waals surface area contributed by atoms with Crippen molar-refractivity contribution in [3.8, 4) is 100 Å². The van der Waals surface area contributed by atoms with E-state index < -0.39 is 16.1 Å². The van der Waals surface area contributed by atoms with E-state index in [1.54, 1.807) is 0 Å². The summed E-state index contributed by atoms with van der Waals surface area (Å²) in [4.78, 5) is 33.0. The van der Waals surface area contributed by atoms with Gasteiger partial charge in [0.25, 0.3) is 0 Å². The summed E-state index contributed by atoms with van der Waals surface area (Å²) in [5.41, 5.74) is 25.6. The SMILES string of the molecule is CC(C)[Si](C#Cc1sc(C=O)cc1-c1ccc(-c2ccc(-c3ccc(-c4ccc(-c5ccc(-c6cc(C=O)sc6C#C[Si](C(C)C)(C(C)C)C(C)C)cc5)cc4)c4sc(-c5ccncc5)cc34)cc2)cc1)(C(C)C)C(C)C. The second-order valence-corrected chi connectivity index (χ2v) is 36.8. The number of thiophene rings is 3. The summed E-state index contributed by atoms with van der Waals surface area (Å²) in [6.07, 6.45) is 5.63. The summed E-state index contributed by atoms with van der Waals surface area (Å²) in [6, 6.07) is 50.3. The third kappa shape index (κ3) is 10.9. The van der Waals surface area contributed by atoms with E-state index in [0.29, 0.717) is 43.0 Å². The molecule has 4 aromatic heterocycles. The molecular weight excluding hydrogens is 1030 g/mol. The number of carbonyl (C=O) groups is 2. The van der Waals surface area contributed by atoms with Gasteiger partial charge in [0, 0.05) is 38.5 Å².